The maximum atomic E-state index is 5.88. The van der Waals surface area contributed by atoms with Crippen LogP contribution in [0.4, 0.5) is 0 Å². The van der Waals surface area contributed by atoms with E-state index in [4.69, 9.17) is 16.0 Å². The third-order valence-corrected chi connectivity index (χ3v) is 3.62. The monoisotopic (exact) mass is 291 g/mol. The summed E-state index contributed by atoms with van der Waals surface area (Å²) in [6.07, 6.45) is 3.62. The molecule has 1 N–H and O–H groups in total. The second-order valence-electron chi connectivity index (χ2n) is 4.98. The van der Waals surface area contributed by atoms with Crippen LogP contribution in [0.1, 0.15) is 49.6 Å². The van der Waals surface area contributed by atoms with E-state index in [1.54, 1.807) is 6.07 Å². The maximum absolute atomic E-state index is 5.88. The molecule has 0 fully saturated rings. The molecule has 3 heteroatoms. The summed E-state index contributed by atoms with van der Waals surface area (Å²) < 4.78 is 5.55. The van der Waals surface area contributed by atoms with Gasteiger partial charge in [-0.25, -0.2) is 0 Å². The topological polar surface area (TPSA) is 25.2 Å². The van der Waals surface area contributed by atoms with E-state index >= 15 is 0 Å². The number of hydrogen-bond donors (Lipinski definition) is 1. The second-order valence-corrected chi connectivity index (χ2v) is 5.35. The lowest BCUT2D eigenvalue weighted by atomic mass is 10.0. The largest absolute Gasteiger partial charge is 0.448 e. The Bertz CT molecular complexity index is 518. The first-order chi connectivity index (χ1) is 9.74. The molecule has 1 atom stereocenters. The summed E-state index contributed by atoms with van der Waals surface area (Å²) in [4.78, 5) is 0. The highest BCUT2D eigenvalue weighted by Gasteiger charge is 2.16. The van der Waals surface area contributed by atoms with Crippen LogP contribution in [0.2, 0.25) is 5.22 Å². The van der Waals surface area contributed by atoms with Crippen LogP contribution in [0.3, 0.4) is 0 Å². The van der Waals surface area contributed by atoms with Gasteiger partial charge < -0.3 is 9.73 Å². The Kier molecular flexibility index (Phi) is 5.69. The van der Waals surface area contributed by atoms with Crippen LogP contribution < -0.4 is 5.32 Å². The Morgan fingerprint density at radius 3 is 2.40 bits per heavy atom. The number of aryl methyl sites for hydroxylation is 1. The lowest BCUT2D eigenvalue weighted by Gasteiger charge is -2.16. The molecule has 2 nitrogen and oxygen atoms in total. The molecule has 2 rings (SSSR count). The zero-order chi connectivity index (χ0) is 14.4. The van der Waals surface area contributed by atoms with Crippen molar-refractivity contribution in [2.75, 3.05) is 6.54 Å². The second kappa shape index (κ2) is 7.51. The molecule has 1 aromatic heterocycles. The standard InChI is InChI=1S/C17H22ClNO/c1-3-5-6-13-7-9-14(10-8-13)17(19-4-2)15-11-12-16(18)20-15/h7-12,17,19H,3-6H2,1-2H3. The number of rotatable bonds is 7. The van der Waals surface area contributed by atoms with Gasteiger partial charge in [-0.2, -0.15) is 0 Å². The fourth-order valence-electron chi connectivity index (χ4n) is 2.33. The van der Waals surface area contributed by atoms with E-state index in [9.17, 15) is 0 Å². The van der Waals surface area contributed by atoms with Gasteiger partial charge in [-0.15, -0.1) is 0 Å². The molecule has 0 amide bonds. The molecule has 0 bridgehead atoms. The van der Waals surface area contributed by atoms with Crippen molar-refractivity contribution < 1.29 is 4.42 Å². The van der Waals surface area contributed by atoms with Crippen molar-refractivity contribution >= 4 is 11.6 Å². The van der Waals surface area contributed by atoms with Crippen LogP contribution in [0.15, 0.2) is 40.8 Å². The number of halogens is 1. The molecule has 0 aliphatic rings. The van der Waals surface area contributed by atoms with Crippen molar-refractivity contribution in [2.45, 2.75) is 39.2 Å². The first-order valence-corrected chi connectivity index (χ1v) is 7.69. The summed E-state index contributed by atoms with van der Waals surface area (Å²) >= 11 is 5.88. The number of nitrogens with one attached hydrogen (secondary N) is 1. The van der Waals surface area contributed by atoms with E-state index in [-0.39, 0.29) is 6.04 Å². The van der Waals surface area contributed by atoms with Crippen LogP contribution >= 0.6 is 11.6 Å². The Hall–Kier alpha value is -1.25. The van der Waals surface area contributed by atoms with Crippen molar-refractivity contribution in [1.29, 1.82) is 0 Å². The molecule has 108 valence electrons. The Balaban J connectivity index is 2.17. The van der Waals surface area contributed by atoms with E-state index in [2.05, 4.69) is 43.4 Å². The molecule has 0 saturated heterocycles. The van der Waals surface area contributed by atoms with Gasteiger partial charge in [0, 0.05) is 0 Å². The third-order valence-electron chi connectivity index (χ3n) is 3.42. The highest BCUT2D eigenvalue weighted by molar-refractivity contribution is 6.28. The molecule has 2 aromatic rings. The predicted molar refractivity (Wildman–Crippen MR) is 84.3 cm³/mol. The van der Waals surface area contributed by atoms with E-state index in [0.29, 0.717) is 5.22 Å². The molecule has 0 saturated carbocycles. The van der Waals surface area contributed by atoms with Crippen molar-refractivity contribution in [1.82, 2.24) is 5.32 Å². The van der Waals surface area contributed by atoms with Gasteiger partial charge in [0.1, 0.15) is 5.76 Å². The van der Waals surface area contributed by atoms with E-state index < -0.39 is 0 Å². The van der Waals surface area contributed by atoms with Crippen LogP contribution in [-0.4, -0.2) is 6.54 Å². The summed E-state index contributed by atoms with van der Waals surface area (Å²) in [5.74, 6) is 0.859. The Labute approximate surface area is 126 Å². The zero-order valence-electron chi connectivity index (χ0n) is 12.2. The normalized spacial score (nSPS) is 12.6. The van der Waals surface area contributed by atoms with E-state index in [1.165, 1.54) is 24.0 Å². The van der Waals surface area contributed by atoms with Crippen LogP contribution in [0.25, 0.3) is 0 Å². The summed E-state index contributed by atoms with van der Waals surface area (Å²) in [5, 5.41) is 3.87. The Morgan fingerprint density at radius 2 is 1.85 bits per heavy atom. The van der Waals surface area contributed by atoms with Gasteiger partial charge in [0.2, 0.25) is 0 Å². The smallest absolute Gasteiger partial charge is 0.193 e. The number of furan rings is 1. The van der Waals surface area contributed by atoms with Crippen molar-refractivity contribution in [3.8, 4) is 0 Å². The third kappa shape index (κ3) is 3.87. The van der Waals surface area contributed by atoms with Gasteiger partial charge in [-0.05, 0) is 54.2 Å². The highest BCUT2D eigenvalue weighted by atomic mass is 35.5. The Morgan fingerprint density at radius 1 is 1.10 bits per heavy atom. The fourth-order valence-corrected chi connectivity index (χ4v) is 2.48. The zero-order valence-corrected chi connectivity index (χ0v) is 12.9. The molecule has 1 aromatic carbocycles. The lowest BCUT2D eigenvalue weighted by molar-refractivity contribution is 0.453. The first kappa shape index (κ1) is 15.1. The quantitative estimate of drug-likeness (QED) is 0.779. The van der Waals surface area contributed by atoms with Gasteiger partial charge in [-0.3, -0.25) is 0 Å². The molecule has 20 heavy (non-hydrogen) atoms. The summed E-state index contributed by atoms with van der Waals surface area (Å²) in [5.41, 5.74) is 2.60. The van der Waals surface area contributed by atoms with Gasteiger partial charge in [-0.1, -0.05) is 44.5 Å². The number of benzene rings is 1. The highest BCUT2D eigenvalue weighted by Crippen LogP contribution is 2.26. The predicted octanol–water partition coefficient (Wildman–Crippen LogP) is 4.97. The summed E-state index contributed by atoms with van der Waals surface area (Å²) in [6, 6.07) is 12.5. The average Bonchev–Trinajstić information content (AvgIpc) is 2.89. The van der Waals surface area contributed by atoms with Crippen molar-refractivity contribution in [3.63, 3.8) is 0 Å². The summed E-state index contributed by atoms with van der Waals surface area (Å²) in [7, 11) is 0. The van der Waals surface area contributed by atoms with Crippen LogP contribution in [-0.2, 0) is 6.42 Å². The van der Waals surface area contributed by atoms with E-state index in [0.717, 1.165) is 18.7 Å². The van der Waals surface area contributed by atoms with Gasteiger partial charge in [0.05, 0.1) is 6.04 Å². The molecule has 0 aliphatic heterocycles. The summed E-state index contributed by atoms with van der Waals surface area (Å²) in [6.45, 7) is 5.18. The van der Waals surface area contributed by atoms with Crippen LogP contribution in [0.5, 0.6) is 0 Å². The molecule has 0 aliphatic carbocycles. The molecule has 1 unspecified atom stereocenters. The van der Waals surface area contributed by atoms with Crippen LogP contribution in [0, 0.1) is 0 Å². The van der Waals surface area contributed by atoms with Crippen molar-refractivity contribution in [3.05, 3.63) is 58.5 Å². The fraction of sp³-hybridized carbons (Fsp3) is 0.412. The minimum atomic E-state index is 0.0627. The minimum Gasteiger partial charge on any atom is -0.448 e. The lowest BCUT2D eigenvalue weighted by Crippen LogP contribution is -2.21. The number of hydrogen-bond acceptors (Lipinski definition) is 2. The molecular formula is C17H22ClNO. The first-order valence-electron chi connectivity index (χ1n) is 7.32. The van der Waals surface area contributed by atoms with Gasteiger partial charge in [0.25, 0.3) is 0 Å². The molecule has 0 spiro atoms. The minimum absolute atomic E-state index is 0.0627. The van der Waals surface area contributed by atoms with Crippen molar-refractivity contribution in [2.24, 2.45) is 0 Å². The number of unbranched alkanes of at least 4 members (excludes halogenated alkanes) is 1. The average molecular weight is 292 g/mol. The van der Waals surface area contributed by atoms with E-state index in [1.807, 2.05) is 6.07 Å². The SMILES string of the molecule is CCCCc1ccc(C(NCC)c2ccc(Cl)o2)cc1. The van der Waals surface area contributed by atoms with Gasteiger partial charge >= 0.3 is 0 Å². The molecule has 1 heterocycles. The molecular weight excluding hydrogens is 270 g/mol. The molecule has 0 radical (unpaired) electrons. The van der Waals surface area contributed by atoms with Gasteiger partial charge in [0.15, 0.2) is 5.22 Å². The maximum Gasteiger partial charge on any atom is 0.193 e.